The van der Waals surface area contributed by atoms with Crippen LogP contribution in [0.4, 0.5) is 5.69 Å². The van der Waals surface area contributed by atoms with E-state index in [9.17, 15) is 16.8 Å². The van der Waals surface area contributed by atoms with Crippen LogP contribution in [0.2, 0.25) is 0 Å². The van der Waals surface area contributed by atoms with Crippen LogP contribution in [-0.2, 0) is 26.5 Å². The van der Waals surface area contributed by atoms with Crippen LogP contribution in [-0.4, -0.2) is 53.9 Å². The smallest absolute Gasteiger partial charge is 0.245 e. The first-order valence-corrected chi connectivity index (χ1v) is 14.4. The molecule has 32 heavy (non-hydrogen) atoms. The van der Waals surface area contributed by atoms with Gasteiger partial charge in [-0.25, -0.2) is 16.8 Å². The van der Waals surface area contributed by atoms with Crippen molar-refractivity contribution < 1.29 is 16.8 Å². The zero-order chi connectivity index (χ0) is 23.2. The van der Waals surface area contributed by atoms with E-state index in [2.05, 4.69) is 47.1 Å². The normalized spacial score (nSPS) is 15.7. The second-order valence-electron chi connectivity index (χ2n) is 8.30. The second kappa shape index (κ2) is 10.5. The first kappa shape index (κ1) is 24.3. The maximum atomic E-state index is 11.9. The first-order valence-electron chi connectivity index (χ1n) is 10.7. The van der Waals surface area contributed by atoms with Gasteiger partial charge >= 0.3 is 0 Å². The molecule has 0 N–H and O–H groups in total. The molecule has 0 bridgehead atoms. The van der Waals surface area contributed by atoms with E-state index in [4.69, 9.17) is 0 Å². The van der Waals surface area contributed by atoms with Crippen LogP contribution in [0.15, 0.2) is 54.6 Å². The van der Waals surface area contributed by atoms with Gasteiger partial charge in [-0.2, -0.15) is 3.71 Å². The van der Waals surface area contributed by atoms with Crippen molar-refractivity contribution in [3.63, 3.8) is 0 Å². The Labute approximate surface area is 192 Å². The third-order valence-electron chi connectivity index (χ3n) is 5.54. The third-order valence-corrected chi connectivity index (χ3v) is 8.79. The van der Waals surface area contributed by atoms with Crippen molar-refractivity contribution in [2.24, 2.45) is 5.92 Å². The maximum absolute atomic E-state index is 11.9. The van der Waals surface area contributed by atoms with Crippen LogP contribution in [0.5, 0.6) is 0 Å². The third kappa shape index (κ3) is 7.09. The van der Waals surface area contributed by atoms with Gasteiger partial charge in [0, 0.05) is 18.5 Å². The molecule has 0 atom stereocenters. The van der Waals surface area contributed by atoms with E-state index in [0.717, 1.165) is 56.5 Å². The number of piperidine rings is 1. The number of likely N-dealkylation sites (tertiary alicyclic amines) is 1. The fourth-order valence-corrected chi connectivity index (χ4v) is 7.01. The molecule has 172 valence electrons. The van der Waals surface area contributed by atoms with Crippen molar-refractivity contribution in [3.05, 3.63) is 65.7 Å². The topological polar surface area (TPSA) is 74.8 Å². The summed E-state index contributed by atoms with van der Waals surface area (Å²) in [6, 6.07) is 16.9. The SMILES string of the molecule is CS(=O)(=O)N(c1ccc(C#CCCN2CCC(Cc3ccccc3)CC2)cc1)S(C)(=O)=O. The molecule has 6 nitrogen and oxygen atoms in total. The first-order chi connectivity index (χ1) is 15.1. The zero-order valence-electron chi connectivity index (χ0n) is 18.6. The van der Waals surface area contributed by atoms with Crippen LogP contribution in [0.25, 0.3) is 0 Å². The minimum absolute atomic E-state index is 0.0823. The van der Waals surface area contributed by atoms with Gasteiger partial charge in [0.15, 0.2) is 0 Å². The van der Waals surface area contributed by atoms with E-state index < -0.39 is 20.0 Å². The summed E-state index contributed by atoms with van der Waals surface area (Å²) >= 11 is 0. The number of anilines is 1. The van der Waals surface area contributed by atoms with Crippen LogP contribution in [0.3, 0.4) is 0 Å². The quantitative estimate of drug-likeness (QED) is 0.577. The van der Waals surface area contributed by atoms with Crippen LogP contribution in [0, 0.1) is 17.8 Å². The predicted molar refractivity (Wildman–Crippen MR) is 129 cm³/mol. The van der Waals surface area contributed by atoms with E-state index >= 15 is 0 Å². The molecule has 2 aromatic rings. The molecule has 0 aromatic heterocycles. The van der Waals surface area contributed by atoms with Gasteiger partial charge in [0.1, 0.15) is 0 Å². The lowest BCUT2D eigenvalue weighted by Crippen LogP contribution is -2.35. The van der Waals surface area contributed by atoms with Crippen molar-refractivity contribution in [2.45, 2.75) is 25.7 Å². The molecule has 0 spiro atoms. The minimum atomic E-state index is -3.94. The van der Waals surface area contributed by atoms with Gasteiger partial charge < -0.3 is 4.90 Å². The number of benzene rings is 2. The van der Waals surface area contributed by atoms with Crippen molar-refractivity contribution in [2.75, 3.05) is 35.9 Å². The Morgan fingerprint density at radius 3 is 2.06 bits per heavy atom. The molecule has 1 aliphatic heterocycles. The van der Waals surface area contributed by atoms with E-state index in [1.165, 1.54) is 30.5 Å². The molecule has 1 aliphatic rings. The minimum Gasteiger partial charge on any atom is -0.302 e. The monoisotopic (exact) mass is 474 g/mol. The highest BCUT2D eigenvalue weighted by Gasteiger charge is 2.27. The lowest BCUT2D eigenvalue weighted by molar-refractivity contribution is 0.187. The summed E-state index contributed by atoms with van der Waals surface area (Å²) in [6.07, 6.45) is 6.06. The zero-order valence-corrected chi connectivity index (χ0v) is 20.2. The highest BCUT2D eigenvalue weighted by atomic mass is 32.3. The molecule has 2 aromatic carbocycles. The average Bonchev–Trinajstić information content (AvgIpc) is 2.72. The summed E-state index contributed by atoms with van der Waals surface area (Å²) in [7, 11) is -7.88. The highest BCUT2D eigenvalue weighted by molar-refractivity contribution is 8.09. The summed E-state index contributed by atoms with van der Waals surface area (Å²) in [6.45, 7) is 3.13. The molecular formula is C24H30N2O4S2. The maximum Gasteiger partial charge on any atom is 0.245 e. The number of hydrogen-bond acceptors (Lipinski definition) is 5. The number of hydrogen-bond donors (Lipinski definition) is 0. The Bertz CT molecular complexity index is 1130. The second-order valence-corrected chi connectivity index (χ2v) is 12.2. The summed E-state index contributed by atoms with van der Waals surface area (Å²) in [5.74, 6) is 6.99. The lowest BCUT2D eigenvalue weighted by atomic mass is 9.90. The lowest BCUT2D eigenvalue weighted by Gasteiger charge is -2.31. The molecule has 1 heterocycles. The molecular weight excluding hydrogens is 444 g/mol. The molecule has 0 radical (unpaired) electrons. The summed E-state index contributed by atoms with van der Waals surface area (Å²) in [4.78, 5) is 2.45. The van der Waals surface area contributed by atoms with E-state index in [1.54, 1.807) is 12.1 Å². The Kier molecular flexibility index (Phi) is 7.99. The summed E-state index contributed by atoms with van der Waals surface area (Å²) in [5.41, 5.74) is 2.22. The molecule has 8 heteroatoms. The molecule has 0 amide bonds. The highest BCUT2D eigenvalue weighted by Crippen LogP contribution is 2.22. The van der Waals surface area contributed by atoms with E-state index in [0.29, 0.717) is 3.71 Å². The average molecular weight is 475 g/mol. The van der Waals surface area contributed by atoms with E-state index in [1.807, 2.05) is 0 Å². The van der Waals surface area contributed by atoms with E-state index in [-0.39, 0.29) is 5.69 Å². The molecule has 0 saturated carbocycles. The molecule has 1 fully saturated rings. The fraction of sp³-hybridized carbons (Fsp3) is 0.417. The van der Waals surface area contributed by atoms with Crippen LogP contribution < -0.4 is 3.71 Å². The van der Waals surface area contributed by atoms with Gasteiger partial charge in [0.25, 0.3) is 0 Å². The number of rotatable bonds is 7. The molecule has 0 unspecified atom stereocenters. The van der Waals surface area contributed by atoms with Crippen LogP contribution in [0.1, 0.15) is 30.4 Å². The summed E-state index contributed by atoms with van der Waals surface area (Å²) in [5, 5.41) is 0. The fourth-order valence-electron chi connectivity index (χ4n) is 4.04. The van der Waals surface area contributed by atoms with Crippen molar-refractivity contribution in [1.29, 1.82) is 0 Å². The number of sulfonamides is 2. The number of nitrogens with zero attached hydrogens (tertiary/aromatic N) is 2. The van der Waals surface area contributed by atoms with Gasteiger partial charge in [-0.05, 0) is 68.1 Å². The van der Waals surface area contributed by atoms with Crippen molar-refractivity contribution >= 4 is 25.7 Å². The Morgan fingerprint density at radius 2 is 1.50 bits per heavy atom. The largest absolute Gasteiger partial charge is 0.302 e. The molecule has 1 saturated heterocycles. The van der Waals surface area contributed by atoms with Crippen LogP contribution >= 0.6 is 0 Å². The Hall–Kier alpha value is -2.34. The standard InChI is InChI=1S/C24H30N2O4S2/c1-31(27,28)26(32(2,29)30)24-13-11-21(12-14-24)8-6-7-17-25-18-15-23(16-19-25)20-22-9-4-3-5-10-22/h3-5,9-14,23H,7,15-20H2,1-2H3. The van der Waals surface area contributed by atoms with Gasteiger partial charge in [-0.1, -0.05) is 42.2 Å². The Morgan fingerprint density at radius 1 is 0.906 bits per heavy atom. The van der Waals surface area contributed by atoms with Gasteiger partial charge in [-0.15, -0.1) is 0 Å². The summed E-state index contributed by atoms with van der Waals surface area (Å²) < 4.78 is 47.8. The van der Waals surface area contributed by atoms with Gasteiger partial charge in [-0.3, -0.25) is 0 Å². The van der Waals surface area contributed by atoms with Crippen molar-refractivity contribution in [1.82, 2.24) is 4.90 Å². The Balaban J connectivity index is 1.48. The van der Waals surface area contributed by atoms with Gasteiger partial charge in [0.05, 0.1) is 18.2 Å². The van der Waals surface area contributed by atoms with Crippen molar-refractivity contribution in [3.8, 4) is 11.8 Å². The van der Waals surface area contributed by atoms with Gasteiger partial charge in [0.2, 0.25) is 20.0 Å². The predicted octanol–water partition coefficient (Wildman–Crippen LogP) is 3.11. The molecule has 3 rings (SSSR count). The molecule has 0 aliphatic carbocycles.